The molecule has 6 heteroatoms. The molecule has 1 N–H and O–H groups in total. The first-order valence-corrected chi connectivity index (χ1v) is 8.43. The van der Waals surface area contributed by atoms with E-state index in [1.54, 1.807) is 24.3 Å². The van der Waals surface area contributed by atoms with Crippen LogP contribution in [0.15, 0.2) is 48.5 Å². The standard InChI is InChI=1S/C19H18ClNO4/c20-15-8-6-13(7-9-15)17-5-2-10-21(17)19(24)14-3-1-4-16(11-14)25-12-18(22)23/h1,3-4,6-9,11,17H,2,5,10,12H2,(H,22,23). The number of carbonyl (C=O) groups is 2. The summed E-state index contributed by atoms with van der Waals surface area (Å²) in [5.74, 6) is -0.771. The van der Waals surface area contributed by atoms with E-state index in [0.29, 0.717) is 22.9 Å². The fourth-order valence-electron chi connectivity index (χ4n) is 3.07. The number of hydrogen-bond donors (Lipinski definition) is 1. The molecule has 130 valence electrons. The molecule has 2 aromatic carbocycles. The molecule has 1 fully saturated rings. The maximum Gasteiger partial charge on any atom is 0.341 e. The Kier molecular flexibility index (Phi) is 5.24. The third kappa shape index (κ3) is 4.12. The number of halogens is 1. The summed E-state index contributed by atoms with van der Waals surface area (Å²) in [6.45, 7) is 0.251. The molecule has 1 unspecified atom stereocenters. The van der Waals surface area contributed by atoms with Crippen LogP contribution in [0.2, 0.25) is 5.02 Å². The summed E-state index contributed by atoms with van der Waals surface area (Å²) < 4.78 is 5.16. The van der Waals surface area contributed by atoms with Crippen molar-refractivity contribution >= 4 is 23.5 Å². The lowest BCUT2D eigenvalue weighted by Crippen LogP contribution is -2.30. The van der Waals surface area contributed by atoms with Crippen LogP contribution in [0.25, 0.3) is 0 Å². The lowest BCUT2D eigenvalue weighted by atomic mass is 10.0. The number of rotatable bonds is 5. The molecule has 0 aliphatic carbocycles. The summed E-state index contributed by atoms with van der Waals surface area (Å²) in [7, 11) is 0. The Morgan fingerprint density at radius 1 is 1.20 bits per heavy atom. The summed E-state index contributed by atoms with van der Waals surface area (Å²) in [4.78, 5) is 25.4. The number of hydrogen-bond acceptors (Lipinski definition) is 3. The second-order valence-electron chi connectivity index (χ2n) is 5.92. The number of ether oxygens (including phenoxy) is 1. The van der Waals surface area contributed by atoms with Crippen LogP contribution in [0.3, 0.4) is 0 Å². The number of carbonyl (C=O) groups excluding carboxylic acids is 1. The van der Waals surface area contributed by atoms with Gasteiger partial charge in [0.15, 0.2) is 6.61 Å². The van der Waals surface area contributed by atoms with Crippen LogP contribution in [0.4, 0.5) is 0 Å². The molecule has 1 amide bonds. The molecule has 0 bridgehead atoms. The maximum absolute atomic E-state index is 12.9. The number of carboxylic acid groups (broad SMARTS) is 1. The van der Waals surface area contributed by atoms with E-state index in [-0.39, 0.29) is 11.9 Å². The number of likely N-dealkylation sites (tertiary alicyclic amines) is 1. The summed E-state index contributed by atoms with van der Waals surface area (Å²) in [5.41, 5.74) is 1.55. The molecular formula is C19H18ClNO4. The second kappa shape index (κ2) is 7.57. The Morgan fingerprint density at radius 3 is 2.68 bits per heavy atom. The van der Waals surface area contributed by atoms with Crippen molar-refractivity contribution in [2.45, 2.75) is 18.9 Å². The number of nitrogens with zero attached hydrogens (tertiary/aromatic N) is 1. The predicted molar refractivity (Wildman–Crippen MR) is 94.0 cm³/mol. The second-order valence-corrected chi connectivity index (χ2v) is 6.35. The molecule has 3 rings (SSSR count). The van der Waals surface area contributed by atoms with Crippen LogP contribution in [-0.2, 0) is 4.79 Å². The molecule has 1 saturated heterocycles. The number of carboxylic acids is 1. The van der Waals surface area contributed by atoms with E-state index in [1.807, 2.05) is 29.2 Å². The predicted octanol–water partition coefficient (Wildman–Crippen LogP) is 3.78. The monoisotopic (exact) mass is 359 g/mol. The van der Waals surface area contributed by atoms with Gasteiger partial charge >= 0.3 is 5.97 Å². The quantitative estimate of drug-likeness (QED) is 0.882. The van der Waals surface area contributed by atoms with Gasteiger partial charge in [-0.3, -0.25) is 4.79 Å². The van der Waals surface area contributed by atoms with Crippen LogP contribution in [0, 0.1) is 0 Å². The lowest BCUT2D eigenvalue weighted by molar-refractivity contribution is -0.139. The summed E-state index contributed by atoms with van der Waals surface area (Å²) >= 11 is 5.95. The highest BCUT2D eigenvalue weighted by molar-refractivity contribution is 6.30. The SMILES string of the molecule is O=C(O)COc1cccc(C(=O)N2CCCC2c2ccc(Cl)cc2)c1. The van der Waals surface area contributed by atoms with Crippen LogP contribution < -0.4 is 4.74 Å². The zero-order valence-electron chi connectivity index (χ0n) is 13.5. The average molecular weight is 360 g/mol. The van der Waals surface area contributed by atoms with Crippen molar-refractivity contribution in [3.8, 4) is 5.75 Å². The molecule has 25 heavy (non-hydrogen) atoms. The highest BCUT2D eigenvalue weighted by atomic mass is 35.5. The molecule has 5 nitrogen and oxygen atoms in total. The third-order valence-corrected chi connectivity index (χ3v) is 4.46. The van der Waals surface area contributed by atoms with E-state index in [1.165, 1.54) is 0 Å². The zero-order chi connectivity index (χ0) is 17.8. The van der Waals surface area contributed by atoms with Gasteiger partial charge in [-0.2, -0.15) is 0 Å². The van der Waals surface area contributed by atoms with E-state index in [4.69, 9.17) is 21.4 Å². The van der Waals surface area contributed by atoms with Gasteiger partial charge in [0.25, 0.3) is 5.91 Å². The van der Waals surface area contributed by atoms with E-state index < -0.39 is 12.6 Å². The van der Waals surface area contributed by atoms with E-state index >= 15 is 0 Å². The first-order valence-electron chi connectivity index (χ1n) is 8.05. The molecule has 0 saturated carbocycles. The molecule has 1 aliphatic rings. The zero-order valence-corrected chi connectivity index (χ0v) is 14.3. The van der Waals surface area contributed by atoms with Crippen molar-refractivity contribution in [1.82, 2.24) is 4.90 Å². The Hall–Kier alpha value is -2.53. The number of aliphatic carboxylic acids is 1. The van der Waals surface area contributed by atoms with Gasteiger partial charge in [0.1, 0.15) is 5.75 Å². The minimum Gasteiger partial charge on any atom is -0.482 e. The van der Waals surface area contributed by atoms with Gasteiger partial charge in [-0.05, 0) is 48.7 Å². The Labute approximate surface area is 150 Å². The van der Waals surface area contributed by atoms with Gasteiger partial charge in [-0.1, -0.05) is 29.8 Å². The largest absolute Gasteiger partial charge is 0.482 e. The van der Waals surface area contributed by atoms with Crippen LogP contribution in [-0.4, -0.2) is 35.0 Å². The molecule has 1 atom stereocenters. The first kappa shape index (κ1) is 17.3. The highest BCUT2D eigenvalue weighted by Gasteiger charge is 2.30. The van der Waals surface area contributed by atoms with Crippen LogP contribution in [0.5, 0.6) is 5.75 Å². The van der Waals surface area contributed by atoms with Gasteiger partial charge < -0.3 is 14.7 Å². The van der Waals surface area contributed by atoms with Gasteiger partial charge in [0.2, 0.25) is 0 Å². The highest BCUT2D eigenvalue weighted by Crippen LogP contribution is 2.34. The minimum atomic E-state index is -1.06. The van der Waals surface area contributed by atoms with Gasteiger partial charge in [0.05, 0.1) is 6.04 Å². The molecule has 1 heterocycles. The minimum absolute atomic E-state index is 0.0216. The van der Waals surface area contributed by atoms with E-state index in [0.717, 1.165) is 18.4 Å². The van der Waals surface area contributed by atoms with Crippen molar-refractivity contribution in [1.29, 1.82) is 0 Å². The van der Waals surface area contributed by atoms with E-state index in [2.05, 4.69) is 0 Å². The summed E-state index contributed by atoms with van der Waals surface area (Å²) in [5, 5.41) is 9.37. The topological polar surface area (TPSA) is 66.8 Å². The van der Waals surface area contributed by atoms with E-state index in [9.17, 15) is 9.59 Å². The van der Waals surface area contributed by atoms with Crippen LogP contribution in [0.1, 0.15) is 34.8 Å². The fraction of sp³-hybridized carbons (Fsp3) is 0.263. The van der Waals surface area contributed by atoms with Gasteiger partial charge in [-0.15, -0.1) is 0 Å². The normalized spacial score (nSPS) is 16.7. The molecule has 0 spiro atoms. The van der Waals surface area contributed by atoms with Crippen LogP contribution >= 0.6 is 11.6 Å². The van der Waals surface area contributed by atoms with Crippen molar-refractivity contribution in [3.63, 3.8) is 0 Å². The third-order valence-electron chi connectivity index (χ3n) is 4.21. The number of amides is 1. The van der Waals surface area contributed by atoms with Gasteiger partial charge in [-0.25, -0.2) is 4.79 Å². The van der Waals surface area contributed by atoms with Crippen molar-refractivity contribution in [2.75, 3.05) is 13.2 Å². The fourth-order valence-corrected chi connectivity index (χ4v) is 3.20. The number of benzene rings is 2. The average Bonchev–Trinajstić information content (AvgIpc) is 3.10. The van der Waals surface area contributed by atoms with Crippen molar-refractivity contribution in [2.24, 2.45) is 0 Å². The summed E-state index contributed by atoms with van der Waals surface area (Å²) in [6.07, 6.45) is 1.84. The Balaban J connectivity index is 1.78. The van der Waals surface area contributed by atoms with Crippen molar-refractivity contribution < 1.29 is 19.4 Å². The molecule has 0 aromatic heterocycles. The smallest absolute Gasteiger partial charge is 0.341 e. The summed E-state index contributed by atoms with van der Waals surface area (Å²) in [6, 6.07) is 14.2. The maximum atomic E-state index is 12.9. The molecule has 0 radical (unpaired) electrons. The Morgan fingerprint density at radius 2 is 1.96 bits per heavy atom. The first-order chi connectivity index (χ1) is 12.0. The molecule has 1 aliphatic heterocycles. The van der Waals surface area contributed by atoms with Gasteiger partial charge in [0, 0.05) is 17.1 Å². The Bertz CT molecular complexity index is 775. The van der Waals surface area contributed by atoms with Crippen molar-refractivity contribution in [3.05, 3.63) is 64.7 Å². The lowest BCUT2D eigenvalue weighted by Gasteiger charge is -2.25. The molecule has 2 aromatic rings. The molecular weight excluding hydrogens is 342 g/mol.